The fraction of sp³-hybridized carbons (Fsp3) is 0.333. The summed E-state index contributed by atoms with van der Waals surface area (Å²) < 4.78 is 5.55. The van der Waals surface area contributed by atoms with Crippen molar-refractivity contribution in [2.45, 2.75) is 25.4 Å². The van der Waals surface area contributed by atoms with Crippen molar-refractivity contribution in [3.8, 4) is 11.8 Å². The third-order valence-corrected chi connectivity index (χ3v) is 4.65. The second kappa shape index (κ2) is 8.50. The zero-order valence-corrected chi connectivity index (χ0v) is 14.9. The summed E-state index contributed by atoms with van der Waals surface area (Å²) in [5, 5.41) is 12.6. The van der Waals surface area contributed by atoms with E-state index in [2.05, 4.69) is 18.3 Å². The van der Waals surface area contributed by atoms with Gasteiger partial charge in [-0.3, -0.25) is 4.79 Å². The maximum absolute atomic E-state index is 12.3. The van der Waals surface area contributed by atoms with Gasteiger partial charge in [0.15, 0.2) is 6.61 Å². The number of carbonyl (C=O) groups excluding carboxylic acids is 1. The first kappa shape index (κ1) is 18.0. The van der Waals surface area contributed by atoms with Gasteiger partial charge >= 0.3 is 0 Å². The quantitative estimate of drug-likeness (QED) is 0.871. The number of hydrogen-bond acceptors (Lipinski definition) is 4. The maximum Gasteiger partial charge on any atom is 0.260 e. The van der Waals surface area contributed by atoms with E-state index in [-0.39, 0.29) is 24.6 Å². The van der Waals surface area contributed by atoms with Gasteiger partial charge in [-0.2, -0.15) is 5.26 Å². The molecule has 1 amide bonds. The van der Waals surface area contributed by atoms with Crippen LogP contribution in [0.15, 0.2) is 54.6 Å². The molecule has 1 saturated heterocycles. The first-order valence-corrected chi connectivity index (χ1v) is 8.87. The number of para-hydroxylation sites is 1. The van der Waals surface area contributed by atoms with Gasteiger partial charge in [0.1, 0.15) is 5.75 Å². The van der Waals surface area contributed by atoms with Crippen molar-refractivity contribution in [3.05, 3.63) is 65.7 Å². The minimum Gasteiger partial charge on any atom is -0.484 e. The van der Waals surface area contributed by atoms with Crippen molar-refractivity contribution < 1.29 is 9.53 Å². The smallest absolute Gasteiger partial charge is 0.260 e. The van der Waals surface area contributed by atoms with E-state index in [1.54, 1.807) is 6.07 Å². The molecule has 2 aromatic carbocycles. The molecule has 1 fully saturated rings. The molecule has 2 aromatic rings. The second-order valence-corrected chi connectivity index (χ2v) is 6.55. The van der Waals surface area contributed by atoms with Crippen LogP contribution >= 0.6 is 0 Å². The van der Waals surface area contributed by atoms with Gasteiger partial charge in [0.2, 0.25) is 0 Å². The van der Waals surface area contributed by atoms with Gasteiger partial charge in [-0.1, -0.05) is 30.3 Å². The average Bonchev–Trinajstić information content (AvgIpc) is 3.15. The highest BCUT2D eigenvalue weighted by Gasteiger charge is 2.27. The molecule has 26 heavy (non-hydrogen) atoms. The summed E-state index contributed by atoms with van der Waals surface area (Å²) in [7, 11) is 0. The molecule has 0 aromatic heterocycles. The van der Waals surface area contributed by atoms with Crippen molar-refractivity contribution in [2.24, 2.45) is 0 Å². The van der Waals surface area contributed by atoms with Crippen LogP contribution in [-0.2, 0) is 4.79 Å². The number of ether oxygens (including phenoxy) is 1. The molecular weight excluding hydrogens is 326 g/mol. The number of carbonyl (C=O) groups is 1. The number of nitriles is 1. The molecule has 0 unspecified atom stereocenters. The molecule has 1 aliphatic rings. The van der Waals surface area contributed by atoms with Crippen LogP contribution in [0.4, 0.5) is 0 Å². The fourth-order valence-electron chi connectivity index (χ4n) is 3.20. The highest BCUT2D eigenvalue weighted by Crippen LogP contribution is 2.18. The van der Waals surface area contributed by atoms with Crippen LogP contribution in [0.5, 0.6) is 5.75 Å². The number of nitrogens with zero attached hydrogens (tertiary/aromatic N) is 2. The molecular formula is C21H23N3O2. The lowest BCUT2D eigenvalue weighted by molar-refractivity contribution is -0.132. The molecule has 1 heterocycles. The Labute approximate surface area is 154 Å². The number of likely N-dealkylation sites (tertiary alicyclic amines) is 1. The standard InChI is InChI=1S/C21H23N3O2/c1-16(18-7-5-6-17(12-18)13-22)23-19-10-11-24(14-19)21(25)15-26-20-8-3-2-4-9-20/h2-9,12,16,19,23H,10-11,14-15H2,1H3/t16-,19+/m0/s1. The molecule has 1 aliphatic heterocycles. The van der Waals surface area contributed by atoms with Crippen molar-refractivity contribution in [1.82, 2.24) is 10.2 Å². The van der Waals surface area contributed by atoms with E-state index in [4.69, 9.17) is 10.00 Å². The molecule has 134 valence electrons. The summed E-state index contributed by atoms with van der Waals surface area (Å²) in [6, 6.07) is 19.6. The Kier molecular flexibility index (Phi) is 5.88. The normalized spacial score (nSPS) is 17.5. The number of rotatable bonds is 6. The van der Waals surface area contributed by atoms with E-state index < -0.39 is 0 Å². The monoisotopic (exact) mass is 349 g/mol. The number of benzene rings is 2. The average molecular weight is 349 g/mol. The zero-order valence-electron chi connectivity index (χ0n) is 14.9. The first-order chi connectivity index (χ1) is 12.7. The van der Waals surface area contributed by atoms with Gasteiger partial charge in [-0.15, -0.1) is 0 Å². The Morgan fingerprint density at radius 1 is 1.31 bits per heavy atom. The topological polar surface area (TPSA) is 65.4 Å². The van der Waals surface area contributed by atoms with Gasteiger partial charge in [-0.05, 0) is 43.2 Å². The van der Waals surface area contributed by atoms with E-state index >= 15 is 0 Å². The van der Waals surface area contributed by atoms with Crippen molar-refractivity contribution in [1.29, 1.82) is 5.26 Å². The van der Waals surface area contributed by atoms with Crippen molar-refractivity contribution in [3.63, 3.8) is 0 Å². The third-order valence-electron chi connectivity index (χ3n) is 4.65. The highest BCUT2D eigenvalue weighted by molar-refractivity contribution is 5.78. The zero-order chi connectivity index (χ0) is 18.4. The Bertz CT molecular complexity index is 785. The lowest BCUT2D eigenvalue weighted by Crippen LogP contribution is -2.38. The predicted octanol–water partition coefficient (Wildman–Crippen LogP) is 2.89. The molecule has 1 N–H and O–H groups in total. The van der Waals surface area contributed by atoms with Crippen LogP contribution in [-0.4, -0.2) is 36.5 Å². The minimum atomic E-state index is 0.0114. The van der Waals surface area contributed by atoms with E-state index in [9.17, 15) is 4.79 Å². The van der Waals surface area contributed by atoms with E-state index in [1.165, 1.54) is 0 Å². The second-order valence-electron chi connectivity index (χ2n) is 6.55. The molecule has 0 bridgehead atoms. The first-order valence-electron chi connectivity index (χ1n) is 8.87. The Morgan fingerprint density at radius 3 is 2.88 bits per heavy atom. The summed E-state index contributed by atoms with van der Waals surface area (Å²) in [5.41, 5.74) is 1.75. The van der Waals surface area contributed by atoms with Gasteiger partial charge in [0, 0.05) is 25.2 Å². The molecule has 0 spiro atoms. The fourth-order valence-corrected chi connectivity index (χ4v) is 3.20. The summed E-state index contributed by atoms with van der Waals surface area (Å²) in [6.07, 6.45) is 0.916. The summed E-state index contributed by atoms with van der Waals surface area (Å²) in [5.74, 6) is 0.720. The van der Waals surface area contributed by atoms with Crippen LogP contribution in [0.25, 0.3) is 0 Å². The molecule has 5 heteroatoms. The number of hydrogen-bond donors (Lipinski definition) is 1. The lowest BCUT2D eigenvalue weighted by Gasteiger charge is -2.21. The Hall–Kier alpha value is -2.84. The molecule has 0 radical (unpaired) electrons. The molecule has 5 nitrogen and oxygen atoms in total. The lowest BCUT2D eigenvalue weighted by atomic mass is 10.0. The molecule has 2 atom stereocenters. The van der Waals surface area contributed by atoms with Crippen LogP contribution in [0.3, 0.4) is 0 Å². The van der Waals surface area contributed by atoms with Crippen LogP contribution in [0.1, 0.15) is 30.5 Å². The highest BCUT2D eigenvalue weighted by atomic mass is 16.5. The summed E-state index contributed by atoms with van der Waals surface area (Å²) in [4.78, 5) is 14.2. The summed E-state index contributed by atoms with van der Waals surface area (Å²) >= 11 is 0. The van der Waals surface area contributed by atoms with Gasteiger partial charge in [0.25, 0.3) is 5.91 Å². The number of nitrogens with one attached hydrogen (secondary N) is 1. The third kappa shape index (κ3) is 4.62. The van der Waals surface area contributed by atoms with Gasteiger partial charge in [-0.25, -0.2) is 0 Å². The largest absolute Gasteiger partial charge is 0.484 e. The SMILES string of the molecule is C[C@H](N[C@@H]1CCN(C(=O)COc2ccccc2)C1)c1cccc(C#N)c1. The molecule has 0 aliphatic carbocycles. The van der Waals surface area contributed by atoms with E-state index in [0.29, 0.717) is 17.9 Å². The van der Waals surface area contributed by atoms with E-state index in [1.807, 2.05) is 53.4 Å². The Morgan fingerprint density at radius 2 is 2.12 bits per heavy atom. The van der Waals surface area contributed by atoms with Crippen molar-refractivity contribution in [2.75, 3.05) is 19.7 Å². The predicted molar refractivity (Wildman–Crippen MR) is 99.6 cm³/mol. The summed E-state index contributed by atoms with van der Waals surface area (Å²) in [6.45, 7) is 3.56. The number of amides is 1. The van der Waals surface area contributed by atoms with Crippen LogP contribution < -0.4 is 10.1 Å². The molecule has 3 rings (SSSR count). The minimum absolute atomic E-state index is 0.0114. The Balaban J connectivity index is 1.48. The van der Waals surface area contributed by atoms with Gasteiger partial charge < -0.3 is 15.0 Å². The van der Waals surface area contributed by atoms with Crippen molar-refractivity contribution >= 4 is 5.91 Å². The van der Waals surface area contributed by atoms with Crippen LogP contribution in [0, 0.1) is 11.3 Å². The molecule has 0 saturated carbocycles. The maximum atomic E-state index is 12.3. The van der Waals surface area contributed by atoms with E-state index in [0.717, 1.165) is 18.5 Å². The van der Waals surface area contributed by atoms with Gasteiger partial charge in [0.05, 0.1) is 11.6 Å². The van der Waals surface area contributed by atoms with Crippen LogP contribution in [0.2, 0.25) is 0 Å².